The third kappa shape index (κ3) is 5.30. The molecule has 1 saturated carbocycles. The number of anilines is 2. The second-order valence-electron chi connectivity index (χ2n) is 8.26. The van der Waals surface area contributed by atoms with Crippen LogP contribution in [0.4, 0.5) is 15.8 Å². The van der Waals surface area contributed by atoms with Crippen LogP contribution in [0.25, 0.3) is 0 Å². The van der Waals surface area contributed by atoms with E-state index in [1.54, 1.807) is 12.1 Å². The lowest BCUT2D eigenvalue weighted by Crippen LogP contribution is -2.46. The van der Waals surface area contributed by atoms with E-state index in [1.807, 2.05) is 23.1 Å². The second-order valence-corrected chi connectivity index (χ2v) is 8.26. The largest absolute Gasteiger partial charge is 0.381 e. The van der Waals surface area contributed by atoms with Gasteiger partial charge in [-0.3, -0.25) is 4.79 Å². The minimum absolute atomic E-state index is 0.0746. The monoisotopic (exact) mass is 410 g/mol. The summed E-state index contributed by atoms with van der Waals surface area (Å²) in [4.78, 5) is 14.9. The molecule has 0 atom stereocenters. The number of nitrogens with one attached hydrogen (secondary N) is 3. The van der Waals surface area contributed by atoms with Crippen LogP contribution in [0.2, 0.25) is 0 Å². The van der Waals surface area contributed by atoms with Crippen LogP contribution in [0, 0.1) is 5.82 Å². The molecule has 1 aliphatic carbocycles. The number of hydrogen-bond acceptors (Lipinski definition) is 4. The number of benzene rings is 2. The number of carbonyl (C=O) groups excluding carboxylic acids is 1. The molecule has 1 amide bonds. The van der Waals surface area contributed by atoms with Gasteiger partial charge in [-0.25, -0.2) is 4.39 Å². The van der Waals surface area contributed by atoms with E-state index >= 15 is 0 Å². The molecule has 2 aromatic carbocycles. The molecule has 3 N–H and O–H groups in total. The summed E-state index contributed by atoms with van der Waals surface area (Å²) in [6.07, 6.45) is 6.19. The van der Waals surface area contributed by atoms with Crippen molar-refractivity contribution in [1.29, 1.82) is 0 Å². The molecule has 0 aromatic heterocycles. The highest BCUT2D eigenvalue weighted by atomic mass is 19.1. The van der Waals surface area contributed by atoms with Gasteiger partial charge >= 0.3 is 0 Å². The van der Waals surface area contributed by atoms with Crippen LogP contribution in [0.5, 0.6) is 0 Å². The summed E-state index contributed by atoms with van der Waals surface area (Å²) in [6, 6.07) is 12.9. The van der Waals surface area contributed by atoms with E-state index in [9.17, 15) is 9.18 Å². The molecule has 30 heavy (non-hydrogen) atoms. The van der Waals surface area contributed by atoms with Gasteiger partial charge in [0.2, 0.25) is 0 Å². The van der Waals surface area contributed by atoms with E-state index < -0.39 is 0 Å². The van der Waals surface area contributed by atoms with Gasteiger partial charge in [0.15, 0.2) is 0 Å². The van der Waals surface area contributed by atoms with Crippen molar-refractivity contribution in [3.63, 3.8) is 0 Å². The van der Waals surface area contributed by atoms with Crippen molar-refractivity contribution in [1.82, 2.24) is 10.2 Å². The number of nitrogens with zero attached hydrogens (tertiary/aromatic N) is 1. The quantitative estimate of drug-likeness (QED) is 0.667. The highest BCUT2D eigenvalue weighted by Gasteiger charge is 2.20. The third-order valence-electron chi connectivity index (χ3n) is 6.03. The second kappa shape index (κ2) is 9.94. The van der Waals surface area contributed by atoms with Crippen molar-refractivity contribution in [2.24, 2.45) is 0 Å². The molecule has 4 rings (SSSR count). The van der Waals surface area contributed by atoms with E-state index in [0.717, 1.165) is 43.1 Å². The van der Waals surface area contributed by atoms with Crippen LogP contribution in [-0.2, 0) is 6.54 Å². The van der Waals surface area contributed by atoms with Crippen molar-refractivity contribution in [3.8, 4) is 0 Å². The first kappa shape index (κ1) is 20.7. The van der Waals surface area contributed by atoms with Crippen LogP contribution < -0.4 is 16.0 Å². The summed E-state index contributed by atoms with van der Waals surface area (Å²) in [5.74, 6) is -0.160. The van der Waals surface area contributed by atoms with Gasteiger partial charge in [-0.1, -0.05) is 31.4 Å². The average molecular weight is 411 g/mol. The molecule has 160 valence electrons. The van der Waals surface area contributed by atoms with Crippen molar-refractivity contribution < 1.29 is 9.18 Å². The van der Waals surface area contributed by atoms with Crippen LogP contribution in [0.15, 0.2) is 42.5 Å². The van der Waals surface area contributed by atoms with Crippen molar-refractivity contribution in [2.75, 3.05) is 36.8 Å². The Morgan fingerprint density at radius 2 is 1.73 bits per heavy atom. The molecule has 2 fully saturated rings. The number of halogens is 1. The highest BCUT2D eigenvalue weighted by molar-refractivity contribution is 5.96. The van der Waals surface area contributed by atoms with Gasteiger partial charge < -0.3 is 20.9 Å². The zero-order chi connectivity index (χ0) is 20.8. The lowest BCUT2D eigenvalue weighted by Gasteiger charge is -2.28. The van der Waals surface area contributed by atoms with Gasteiger partial charge in [-0.15, -0.1) is 0 Å². The molecule has 2 aromatic rings. The van der Waals surface area contributed by atoms with Gasteiger partial charge in [-0.05, 0) is 48.7 Å². The molecule has 0 unspecified atom stereocenters. The Morgan fingerprint density at radius 1 is 1.00 bits per heavy atom. The Balaban J connectivity index is 1.53. The standard InChI is InChI=1S/C24H31FN4O/c25-20-9-6-18(7-10-20)17-27-23-16-19(24(30)29-14-12-26-13-15-29)8-11-22(23)28-21-4-2-1-3-5-21/h6-11,16,21,26-28H,1-5,12-15,17H2. The molecule has 5 nitrogen and oxygen atoms in total. The van der Waals surface area contributed by atoms with Gasteiger partial charge in [0, 0.05) is 44.3 Å². The zero-order valence-electron chi connectivity index (χ0n) is 17.4. The first-order valence-corrected chi connectivity index (χ1v) is 11.1. The zero-order valence-corrected chi connectivity index (χ0v) is 17.4. The predicted molar refractivity (Wildman–Crippen MR) is 119 cm³/mol. The van der Waals surface area contributed by atoms with E-state index in [0.29, 0.717) is 18.2 Å². The van der Waals surface area contributed by atoms with Crippen molar-refractivity contribution in [2.45, 2.75) is 44.7 Å². The van der Waals surface area contributed by atoms with E-state index in [1.165, 1.54) is 44.2 Å². The smallest absolute Gasteiger partial charge is 0.254 e. The number of rotatable bonds is 6. The topological polar surface area (TPSA) is 56.4 Å². The van der Waals surface area contributed by atoms with Crippen LogP contribution >= 0.6 is 0 Å². The summed E-state index contributed by atoms with van der Waals surface area (Å²) in [6.45, 7) is 3.72. The minimum Gasteiger partial charge on any atom is -0.381 e. The minimum atomic E-state index is -0.234. The van der Waals surface area contributed by atoms with E-state index in [4.69, 9.17) is 0 Å². The Labute approximate surface area is 178 Å². The summed E-state index contributed by atoms with van der Waals surface area (Å²) in [5, 5.41) is 10.4. The number of piperazine rings is 1. The SMILES string of the molecule is O=C(c1ccc(NC2CCCCC2)c(NCc2ccc(F)cc2)c1)N1CCNCC1. The number of carbonyl (C=O) groups is 1. The summed E-state index contributed by atoms with van der Waals surface area (Å²) >= 11 is 0. The van der Waals surface area contributed by atoms with Crippen LogP contribution in [-0.4, -0.2) is 43.0 Å². The molecule has 0 radical (unpaired) electrons. The summed E-state index contributed by atoms with van der Waals surface area (Å²) in [5.41, 5.74) is 3.65. The first-order valence-electron chi connectivity index (χ1n) is 11.1. The molecular formula is C24H31FN4O. The normalized spacial score (nSPS) is 17.6. The molecule has 2 aliphatic rings. The van der Waals surface area contributed by atoms with Crippen molar-refractivity contribution in [3.05, 3.63) is 59.4 Å². The van der Waals surface area contributed by atoms with Crippen LogP contribution in [0.1, 0.15) is 48.0 Å². The fourth-order valence-corrected chi connectivity index (χ4v) is 4.27. The third-order valence-corrected chi connectivity index (χ3v) is 6.03. The van der Waals surface area contributed by atoms with E-state index in [-0.39, 0.29) is 11.7 Å². The van der Waals surface area contributed by atoms with Gasteiger partial charge in [0.05, 0.1) is 11.4 Å². The van der Waals surface area contributed by atoms with E-state index in [2.05, 4.69) is 16.0 Å². The van der Waals surface area contributed by atoms with Crippen molar-refractivity contribution >= 4 is 17.3 Å². The number of amides is 1. The highest BCUT2D eigenvalue weighted by Crippen LogP contribution is 2.29. The fraction of sp³-hybridized carbons (Fsp3) is 0.458. The van der Waals surface area contributed by atoms with Gasteiger partial charge in [0.25, 0.3) is 5.91 Å². The molecule has 1 saturated heterocycles. The molecule has 0 bridgehead atoms. The lowest BCUT2D eigenvalue weighted by molar-refractivity contribution is 0.0736. The first-order chi connectivity index (χ1) is 14.7. The number of hydrogen-bond donors (Lipinski definition) is 3. The average Bonchev–Trinajstić information content (AvgIpc) is 2.80. The lowest BCUT2D eigenvalue weighted by atomic mass is 9.95. The summed E-state index contributed by atoms with van der Waals surface area (Å²) in [7, 11) is 0. The maximum Gasteiger partial charge on any atom is 0.254 e. The maximum atomic E-state index is 13.2. The molecular weight excluding hydrogens is 379 g/mol. The van der Waals surface area contributed by atoms with Crippen LogP contribution in [0.3, 0.4) is 0 Å². The molecule has 1 aliphatic heterocycles. The molecule has 6 heteroatoms. The van der Waals surface area contributed by atoms with Gasteiger partial charge in [-0.2, -0.15) is 0 Å². The Morgan fingerprint density at radius 3 is 2.47 bits per heavy atom. The maximum absolute atomic E-state index is 13.2. The molecule has 0 spiro atoms. The Kier molecular flexibility index (Phi) is 6.84. The summed E-state index contributed by atoms with van der Waals surface area (Å²) < 4.78 is 13.2. The van der Waals surface area contributed by atoms with Gasteiger partial charge in [0.1, 0.15) is 5.82 Å². The molecule has 1 heterocycles. The predicted octanol–water partition coefficient (Wildman–Crippen LogP) is 4.23. The fourth-order valence-electron chi connectivity index (χ4n) is 4.27. The Bertz CT molecular complexity index is 843. The Hall–Kier alpha value is -2.60.